The molecule has 3 N–H and O–H groups in total. The van der Waals surface area contributed by atoms with Crippen molar-refractivity contribution in [3.63, 3.8) is 0 Å². The van der Waals surface area contributed by atoms with Gasteiger partial charge < -0.3 is 11.1 Å². The monoisotopic (exact) mass is 331 g/mol. The Balaban J connectivity index is 1.98. The van der Waals surface area contributed by atoms with Crippen LogP contribution in [0.4, 0.5) is 11.4 Å². The van der Waals surface area contributed by atoms with Gasteiger partial charge in [-0.2, -0.15) is 5.10 Å². The molecule has 1 amide bonds. The van der Waals surface area contributed by atoms with Crippen molar-refractivity contribution in [3.05, 3.63) is 50.8 Å². The van der Waals surface area contributed by atoms with Gasteiger partial charge in [-0.25, -0.2) is 0 Å². The second kappa shape index (κ2) is 7.12. The van der Waals surface area contributed by atoms with Crippen molar-refractivity contribution in [2.75, 3.05) is 12.3 Å². The smallest absolute Gasteiger partial charge is 0.284 e. The first kappa shape index (κ1) is 17.5. The van der Waals surface area contributed by atoms with Gasteiger partial charge in [-0.05, 0) is 38.3 Å². The topological polar surface area (TPSA) is 116 Å². The summed E-state index contributed by atoms with van der Waals surface area (Å²) in [5.74, 6) is -0.528. The van der Waals surface area contributed by atoms with Gasteiger partial charge in [0.2, 0.25) is 0 Å². The number of nitrogens with one attached hydrogen (secondary N) is 1. The summed E-state index contributed by atoms with van der Waals surface area (Å²) in [6.45, 7) is 4.36. The predicted molar refractivity (Wildman–Crippen MR) is 90.8 cm³/mol. The molecule has 1 aromatic carbocycles. The molecular weight excluding hydrogens is 310 g/mol. The highest BCUT2D eigenvalue weighted by atomic mass is 16.6. The van der Waals surface area contributed by atoms with Crippen LogP contribution >= 0.6 is 0 Å². The summed E-state index contributed by atoms with van der Waals surface area (Å²) in [5, 5.41) is 18.1. The van der Waals surface area contributed by atoms with Gasteiger partial charge in [0.15, 0.2) is 0 Å². The van der Waals surface area contributed by atoms with E-state index in [1.54, 1.807) is 0 Å². The molecule has 0 aliphatic rings. The van der Waals surface area contributed by atoms with Crippen LogP contribution in [-0.4, -0.2) is 27.2 Å². The molecule has 2 aromatic rings. The van der Waals surface area contributed by atoms with Crippen LogP contribution in [0.25, 0.3) is 0 Å². The molecule has 0 bridgehead atoms. The van der Waals surface area contributed by atoms with E-state index >= 15 is 0 Å². The molecule has 2 rings (SSSR count). The highest BCUT2D eigenvalue weighted by molar-refractivity contribution is 6.03. The number of amides is 1. The molecule has 0 spiro atoms. The lowest BCUT2D eigenvalue weighted by Gasteiger charge is -2.08. The predicted octanol–water partition coefficient (Wildman–Crippen LogP) is 1.89. The number of anilines is 1. The molecule has 0 saturated heterocycles. The van der Waals surface area contributed by atoms with Crippen LogP contribution in [0.3, 0.4) is 0 Å². The van der Waals surface area contributed by atoms with Gasteiger partial charge in [0.1, 0.15) is 5.56 Å². The van der Waals surface area contributed by atoms with Gasteiger partial charge in [-0.15, -0.1) is 0 Å². The van der Waals surface area contributed by atoms with Crippen molar-refractivity contribution in [3.8, 4) is 0 Å². The Labute approximate surface area is 139 Å². The van der Waals surface area contributed by atoms with Gasteiger partial charge >= 0.3 is 0 Å². The molecular formula is C16H21N5O3. The summed E-state index contributed by atoms with van der Waals surface area (Å²) in [6.07, 6.45) is 1.48. The number of hydrogen-bond acceptors (Lipinski definition) is 5. The maximum absolute atomic E-state index is 12.2. The van der Waals surface area contributed by atoms with Gasteiger partial charge in [-0.3, -0.25) is 19.6 Å². The number of hydrogen-bond donors (Lipinski definition) is 2. The van der Waals surface area contributed by atoms with Gasteiger partial charge in [0.05, 0.1) is 16.3 Å². The Bertz CT molecular complexity index is 782. The first-order valence-electron chi connectivity index (χ1n) is 7.63. The molecule has 0 fully saturated rings. The zero-order chi connectivity index (χ0) is 17.9. The third kappa shape index (κ3) is 3.53. The van der Waals surface area contributed by atoms with E-state index < -0.39 is 10.8 Å². The number of nitrogens with zero attached hydrogens (tertiary/aromatic N) is 3. The molecule has 0 unspecified atom stereocenters. The number of aromatic nitrogens is 2. The molecule has 0 atom stereocenters. The minimum Gasteiger partial charge on any atom is -0.398 e. The third-order valence-corrected chi connectivity index (χ3v) is 4.05. The van der Waals surface area contributed by atoms with E-state index in [2.05, 4.69) is 10.4 Å². The minimum absolute atomic E-state index is 0.0868. The highest BCUT2D eigenvalue weighted by Crippen LogP contribution is 2.23. The van der Waals surface area contributed by atoms with Crippen LogP contribution in [0.5, 0.6) is 0 Å². The molecule has 1 heterocycles. The van der Waals surface area contributed by atoms with Gasteiger partial charge in [0, 0.05) is 25.4 Å². The van der Waals surface area contributed by atoms with Crippen LogP contribution in [-0.2, 0) is 13.5 Å². The van der Waals surface area contributed by atoms with Crippen molar-refractivity contribution in [2.24, 2.45) is 7.05 Å². The van der Waals surface area contributed by atoms with Crippen LogP contribution in [0.1, 0.15) is 33.7 Å². The SMILES string of the molecule is Cc1nn(C)c(C)c1CCCNC(=O)c1c(N)cccc1[N+](=O)[O-]. The fourth-order valence-corrected chi connectivity index (χ4v) is 2.69. The van der Waals surface area contributed by atoms with Crippen molar-refractivity contribution < 1.29 is 9.72 Å². The molecule has 0 saturated carbocycles. The summed E-state index contributed by atoms with van der Waals surface area (Å²) in [4.78, 5) is 22.7. The molecule has 24 heavy (non-hydrogen) atoms. The molecule has 8 heteroatoms. The van der Waals surface area contributed by atoms with E-state index in [9.17, 15) is 14.9 Å². The average molecular weight is 331 g/mol. The number of benzene rings is 1. The minimum atomic E-state index is -0.604. The number of aryl methyl sites for hydroxylation is 2. The Morgan fingerprint density at radius 1 is 1.42 bits per heavy atom. The number of nitro groups is 1. The summed E-state index contributed by atoms with van der Waals surface area (Å²) in [5.41, 5.74) is 8.69. The molecule has 8 nitrogen and oxygen atoms in total. The van der Waals surface area contributed by atoms with E-state index in [4.69, 9.17) is 5.73 Å². The summed E-state index contributed by atoms with van der Waals surface area (Å²) >= 11 is 0. The van der Waals surface area contributed by atoms with Crippen LogP contribution < -0.4 is 11.1 Å². The lowest BCUT2D eigenvalue weighted by molar-refractivity contribution is -0.385. The van der Waals surface area contributed by atoms with Gasteiger partial charge in [-0.1, -0.05) is 6.07 Å². The first-order valence-corrected chi connectivity index (χ1v) is 7.63. The number of nitrogens with two attached hydrogens (primary N) is 1. The third-order valence-electron chi connectivity index (χ3n) is 4.05. The molecule has 0 aliphatic carbocycles. The zero-order valence-corrected chi connectivity index (χ0v) is 14.0. The first-order chi connectivity index (χ1) is 11.3. The second-order valence-electron chi connectivity index (χ2n) is 5.63. The molecule has 0 aliphatic heterocycles. The quantitative estimate of drug-likeness (QED) is 0.363. The van der Waals surface area contributed by atoms with Crippen molar-refractivity contribution in [1.29, 1.82) is 0 Å². The summed E-state index contributed by atoms with van der Waals surface area (Å²) in [6, 6.07) is 4.20. The lowest BCUT2D eigenvalue weighted by atomic mass is 10.1. The Morgan fingerprint density at radius 2 is 2.12 bits per heavy atom. The maximum atomic E-state index is 12.2. The van der Waals surface area contributed by atoms with E-state index in [0.717, 1.165) is 23.4 Å². The Kier molecular flexibility index (Phi) is 5.18. The number of carbonyl (C=O) groups excluding carboxylic acids is 1. The van der Waals surface area contributed by atoms with E-state index in [1.807, 2.05) is 25.6 Å². The molecule has 128 valence electrons. The lowest BCUT2D eigenvalue weighted by Crippen LogP contribution is -2.26. The Morgan fingerprint density at radius 3 is 2.71 bits per heavy atom. The normalized spacial score (nSPS) is 10.6. The number of nitrogen functional groups attached to an aromatic ring is 1. The van der Waals surface area contributed by atoms with E-state index in [1.165, 1.54) is 18.2 Å². The zero-order valence-electron chi connectivity index (χ0n) is 14.0. The van der Waals surface area contributed by atoms with Crippen LogP contribution in [0.2, 0.25) is 0 Å². The van der Waals surface area contributed by atoms with Crippen LogP contribution in [0.15, 0.2) is 18.2 Å². The summed E-state index contributed by atoms with van der Waals surface area (Å²) < 4.78 is 1.83. The van der Waals surface area contributed by atoms with Crippen molar-refractivity contribution in [2.45, 2.75) is 26.7 Å². The molecule has 0 radical (unpaired) electrons. The standard InChI is InChI=1S/C16H21N5O3/c1-10-12(11(2)20(3)19-10)6-5-9-18-16(22)15-13(17)7-4-8-14(15)21(23)24/h4,7-8H,5-6,9,17H2,1-3H3,(H,18,22). The fraction of sp³-hybridized carbons (Fsp3) is 0.375. The number of rotatable bonds is 6. The second-order valence-corrected chi connectivity index (χ2v) is 5.63. The molecule has 1 aromatic heterocycles. The number of carbonyl (C=O) groups is 1. The van der Waals surface area contributed by atoms with Crippen molar-refractivity contribution >= 4 is 17.3 Å². The maximum Gasteiger partial charge on any atom is 0.284 e. The van der Waals surface area contributed by atoms with Gasteiger partial charge in [0.25, 0.3) is 11.6 Å². The fourth-order valence-electron chi connectivity index (χ4n) is 2.69. The largest absolute Gasteiger partial charge is 0.398 e. The van der Waals surface area contributed by atoms with Crippen molar-refractivity contribution in [1.82, 2.24) is 15.1 Å². The average Bonchev–Trinajstić information content (AvgIpc) is 2.76. The number of nitro benzene ring substituents is 1. The highest BCUT2D eigenvalue weighted by Gasteiger charge is 2.22. The van der Waals surface area contributed by atoms with E-state index in [-0.39, 0.29) is 16.9 Å². The Hall–Kier alpha value is -2.90. The summed E-state index contributed by atoms with van der Waals surface area (Å²) in [7, 11) is 1.89. The van der Waals surface area contributed by atoms with E-state index in [0.29, 0.717) is 13.0 Å². The van der Waals surface area contributed by atoms with Crippen LogP contribution in [0, 0.1) is 24.0 Å².